The Kier molecular flexibility index (Phi) is 11.6. The second-order valence-corrected chi connectivity index (χ2v) is 17.5. The van der Waals surface area contributed by atoms with Gasteiger partial charge in [0, 0.05) is 32.1 Å². The smallest absolute Gasteiger partial charge is 0.303 e. The second kappa shape index (κ2) is 15.0. The molecule has 0 saturated carbocycles. The number of thioether (sulfide) groups is 1. The number of esters is 1. The SMILES string of the molecule is C=CCO[C@H]1[C@H](O)[C@@H](CO[Si](c2ccccc2)(c2ccccc2)C(C)(C)C)O[C@@H](SCCN2C(=O)CCC2=O)[C@@H]1OC(C)=O. The number of hydrogen-bond acceptors (Lipinski definition) is 9. The number of carbonyl (C=O) groups excluding carboxylic acids is 3. The van der Waals surface area contributed by atoms with E-state index in [9.17, 15) is 19.5 Å². The van der Waals surface area contributed by atoms with E-state index in [0.717, 1.165) is 10.4 Å². The summed E-state index contributed by atoms with van der Waals surface area (Å²) >= 11 is 1.31. The van der Waals surface area contributed by atoms with E-state index in [1.54, 1.807) is 6.08 Å². The molecule has 0 radical (unpaired) electrons. The van der Waals surface area contributed by atoms with Crippen LogP contribution in [0.25, 0.3) is 0 Å². The number of carbonyl (C=O) groups is 3. The van der Waals surface area contributed by atoms with Crippen LogP contribution in [0.15, 0.2) is 73.3 Å². The largest absolute Gasteiger partial charge is 0.456 e. The number of benzene rings is 2. The molecule has 0 unspecified atom stereocenters. The normalized spacial score (nSPS) is 24.4. The van der Waals surface area contributed by atoms with Gasteiger partial charge in [-0.3, -0.25) is 19.3 Å². The van der Waals surface area contributed by atoms with E-state index in [1.165, 1.54) is 23.6 Å². The van der Waals surface area contributed by atoms with Gasteiger partial charge in [0.2, 0.25) is 11.8 Å². The molecule has 5 atom stereocenters. The maximum atomic E-state index is 12.2. The van der Waals surface area contributed by atoms with Crippen molar-refractivity contribution in [2.24, 2.45) is 0 Å². The predicted octanol–water partition coefficient (Wildman–Crippen LogP) is 3.03. The Morgan fingerprint density at radius 2 is 1.61 bits per heavy atom. The Morgan fingerprint density at radius 3 is 2.11 bits per heavy atom. The highest BCUT2D eigenvalue weighted by Crippen LogP contribution is 2.38. The van der Waals surface area contributed by atoms with Crippen LogP contribution in [0.2, 0.25) is 5.04 Å². The predicted molar refractivity (Wildman–Crippen MR) is 172 cm³/mol. The summed E-state index contributed by atoms with van der Waals surface area (Å²) in [5, 5.41) is 13.5. The van der Waals surface area contributed by atoms with Crippen LogP contribution in [0.5, 0.6) is 0 Å². The van der Waals surface area contributed by atoms with Crippen LogP contribution in [0.4, 0.5) is 0 Å². The van der Waals surface area contributed by atoms with Gasteiger partial charge in [-0.05, 0) is 15.4 Å². The highest BCUT2D eigenvalue weighted by Gasteiger charge is 2.53. The Balaban J connectivity index is 1.64. The van der Waals surface area contributed by atoms with Crippen molar-refractivity contribution >= 4 is 48.2 Å². The number of rotatable bonds is 13. The van der Waals surface area contributed by atoms with Crippen LogP contribution in [-0.2, 0) is 33.0 Å². The average Bonchev–Trinajstić information content (AvgIpc) is 3.31. The van der Waals surface area contributed by atoms with Gasteiger partial charge in [-0.25, -0.2) is 0 Å². The second-order valence-electron chi connectivity index (χ2n) is 12.0. The zero-order chi connectivity index (χ0) is 31.9. The van der Waals surface area contributed by atoms with Crippen LogP contribution in [-0.4, -0.2) is 91.5 Å². The lowest BCUT2D eigenvalue weighted by Crippen LogP contribution is -2.68. The van der Waals surface area contributed by atoms with Crippen molar-refractivity contribution in [3.63, 3.8) is 0 Å². The lowest BCUT2D eigenvalue weighted by molar-refractivity contribution is -0.226. The lowest BCUT2D eigenvalue weighted by atomic mass is 10.00. The molecule has 2 fully saturated rings. The molecule has 1 N–H and O–H groups in total. The molecule has 0 bridgehead atoms. The first-order valence-corrected chi connectivity index (χ1v) is 17.9. The molecule has 44 heavy (non-hydrogen) atoms. The number of hydrogen-bond donors (Lipinski definition) is 1. The van der Waals surface area contributed by atoms with E-state index in [4.69, 9.17) is 18.6 Å². The van der Waals surface area contributed by atoms with Gasteiger partial charge in [-0.15, -0.1) is 18.3 Å². The van der Waals surface area contributed by atoms with E-state index < -0.39 is 44.1 Å². The summed E-state index contributed by atoms with van der Waals surface area (Å²) in [7, 11) is -2.96. The van der Waals surface area contributed by atoms with Crippen molar-refractivity contribution < 1.29 is 38.1 Å². The lowest BCUT2D eigenvalue weighted by Gasteiger charge is -2.47. The van der Waals surface area contributed by atoms with Gasteiger partial charge in [0.05, 0.1) is 13.2 Å². The summed E-state index contributed by atoms with van der Waals surface area (Å²) in [5.41, 5.74) is -0.752. The number of imide groups is 1. The third kappa shape index (κ3) is 7.52. The van der Waals surface area contributed by atoms with Crippen LogP contribution in [0, 0.1) is 0 Å². The standard InChI is InChI=1S/C33H43NO8SSi/c1-6-20-39-30-29(38)26(42-32(31(30)41-23(2)35)43-21-19-34-27(36)17-18-28(34)37)22-40-44(33(3,4)5,24-13-9-7-10-14-24)25-15-11-8-12-16-25/h6-16,26,29-32,38H,1,17-22H2,2-5H3/t26-,29-,30+,31-,32+/m1/s1. The third-order valence-corrected chi connectivity index (χ3v) is 14.1. The molecule has 2 aromatic carbocycles. The van der Waals surface area contributed by atoms with Gasteiger partial charge in [-0.2, -0.15) is 0 Å². The van der Waals surface area contributed by atoms with Crippen molar-refractivity contribution in [1.82, 2.24) is 4.90 Å². The Hall–Kier alpha value is -2.80. The van der Waals surface area contributed by atoms with Crippen molar-refractivity contribution in [3.05, 3.63) is 73.3 Å². The summed E-state index contributed by atoms with van der Waals surface area (Å²) in [6.07, 6.45) is -1.89. The van der Waals surface area contributed by atoms with Crippen molar-refractivity contribution in [2.75, 3.05) is 25.5 Å². The molecular formula is C33H43NO8SSi. The van der Waals surface area contributed by atoms with Gasteiger partial charge in [0.25, 0.3) is 8.32 Å². The zero-order valence-electron chi connectivity index (χ0n) is 25.8. The molecular weight excluding hydrogens is 599 g/mol. The van der Waals surface area contributed by atoms with Gasteiger partial charge in [0.1, 0.15) is 23.7 Å². The Morgan fingerprint density at radius 1 is 1.05 bits per heavy atom. The number of aliphatic hydroxyl groups excluding tert-OH is 1. The molecule has 0 aromatic heterocycles. The summed E-state index contributed by atoms with van der Waals surface area (Å²) in [6, 6.07) is 20.4. The zero-order valence-corrected chi connectivity index (χ0v) is 27.7. The van der Waals surface area contributed by atoms with Gasteiger partial charge in [0.15, 0.2) is 6.10 Å². The summed E-state index contributed by atoms with van der Waals surface area (Å²) < 4.78 is 25.2. The number of amides is 2. The Labute approximate surface area is 265 Å². The fourth-order valence-electron chi connectivity index (χ4n) is 5.95. The number of aliphatic hydroxyl groups is 1. The molecule has 238 valence electrons. The van der Waals surface area contributed by atoms with Crippen LogP contribution < -0.4 is 10.4 Å². The molecule has 2 aliphatic heterocycles. The fourth-order valence-corrected chi connectivity index (χ4v) is 11.7. The first-order chi connectivity index (χ1) is 21.0. The first kappa shape index (κ1) is 34.1. The summed E-state index contributed by atoms with van der Waals surface area (Å²) in [5.74, 6) is -0.589. The van der Waals surface area contributed by atoms with Crippen molar-refractivity contribution in [1.29, 1.82) is 0 Å². The molecule has 2 saturated heterocycles. The molecule has 0 aliphatic carbocycles. The van der Waals surface area contributed by atoms with Crippen LogP contribution in [0.1, 0.15) is 40.5 Å². The minimum Gasteiger partial charge on any atom is -0.456 e. The number of ether oxygens (including phenoxy) is 3. The fraction of sp³-hybridized carbons (Fsp3) is 0.485. The third-order valence-electron chi connectivity index (χ3n) is 7.96. The number of likely N-dealkylation sites (tertiary alicyclic amines) is 1. The summed E-state index contributed by atoms with van der Waals surface area (Å²) in [4.78, 5) is 37.7. The molecule has 4 rings (SSSR count). The van der Waals surface area contributed by atoms with Crippen molar-refractivity contribution in [3.8, 4) is 0 Å². The highest BCUT2D eigenvalue weighted by molar-refractivity contribution is 7.99. The van der Waals surface area contributed by atoms with E-state index in [1.807, 2.05) is 36.4 Å². The topological polar surface area (TPSA) is 112 Å². The molecule has 11 heteroatoms. The molecule has 9 nitrogen and oxygen atoms in total. The van der Waals surface area contributed by atoms with E-state index in [0.29, 0.717) is 5.75 Å². The highest BCUT2D eigenvalue weighted by atomic mass is 32.2. The molecule has 2 aliphatic rings. The maximum Gasteiger partial charge on any atom is 0.303 e. The maximum absolute atomic E-state index is 12.2. The molecule has 0 spiro atoms. The van der Waals surface area contributed by atoms with E-state index >= 15 is 0 Å². The van der Waals surface area contributed by atoms with Gasteiger partial charge >= 0.3 is 5.97 Å². The molecule has 2 aromatic rings. The summed E-state index contributed by atoms with van der Waals surface area (Å²) in [6.45, 7) is 11.9. The van der Waals surface area contributed by atoms with Gasteiger partial charge in [-0.1, -0.05) is 87.5 Å². The number of nitrogens with zero attached hydrogens (tertiary/aromatic N) is 1. The minimum absolute atomic E-state index is 0.0509. The molecule has 2 heterocycles. The Bertz CT molecular complexity index is 1230. The van der Waals surface area contributed by atoms with Crippen LogP contribution in [0.3, 0.4) is 0 Å². The quantitative estimate of drug-likeness (QED) is 0.153. The van der Waals surface area contributed by atoms with E-state index in [-0.39, 0.29) is 49.5 Å². The van der Waals surface area contributed by atoms with Gasteiger partial charge < -0.3 is 23.7 Å². The van der Waals surface area contributed by atoms with Crippen molar-refractivity contribution in [2.45, 2.75) is 75.4 Å². The minimum atomic E-state index is -2.96. The van der Waals surface area contributed by atoms with E-state index in [2.05, 4.69) is 51.6 Å². The average molecular weight is 642 g/mol. The first-order valence-electron chi connectivity index (χ1n) is 14.9. The molecule has 2 amide bonds. The van der Waals surface area contributed by atoms with Crippen LogP contribution >= 0.6 is 11.8 Å². The monoisotopic (exact) mass is 641 g/mol.